The van der Waals surface area contributed by atoms with Crippen LogP contribution in [0.1, 0.15) is 62.2 Å². The molecule has 1 fully saturated rings. The molecule has 2 aromatic heterocycles. The number of pyridine rings is 1. The number of aromatic nitrogens is 3. The Labute approximate surface area is 236 Å². The normalized spacial score (nSPS) is 19.3. The van der Waals surface area contributed by atoms with Crippen molar-refractivity contribution in [2.45, 2.75) is 57.7 Å². The van der Waals surface area contributed by atoms with E-state index in [0.717, 1.165) is 32.4 Å². The molecule has 2 atom stereocenters. The molecule has 0 amide bonds. The first-order valence-corrected chi connectivity index (χ1v) is 14.5. The van der Waals surface area contributed by atoms with Crippen molar-refractivity contribution in [2.24, 2.45) is 5.41 Å². The van der Waals surface area contributed by atoms with Gasteiger partial charge in [0.1, 0.15) is 16.0 Å². The van der Waals surface area contributed by atoms with Crippen molar-refractivity contribution in [3.63, 3.8) is 0 Å². The number of fused-ring (bicyclic) bond motifs is 1. The number of aryl methyl sites for hydroxylation is 1. The molecule has 5 rings (SSSR count). The first-order valence-electron chi connectivity index (χ1n) is 12.6. The van der Waals surface area contributed by atoms with E-state index in [2.05, 4.69) is 49.9 Å². The Bertz CT molecular complexity index is 1410. The fourth-order valence-electron chi connectivity index (χ4n) is 5.59. The van der Waals surface area contributed by atoms with Gasteiger partial charge in [-0.2, -0.15) is 5.26 Å². The summed E-state index contributed by atoms with van der Waals surface area (Å²) in [5, 5.41) is 10.4. The quantitative estimate of drug-likeness (QED) is 0.306. The third kappa shape index (κ3) is 4.87. The molecule has 2 aliphatic rings. The number of nitrogens with one attached hydrogen (secondary N) is 1. The van der Waals surface area contributed by atoms with Gasteiger partial charge in [-0.05, 0) is 64.2 Å². The molecule has 38 heavy (non-hydrogen) atoms. The minimum absolute atomic E-state index is 0.0131. The molecule has 1 N–H and O–H groups in total. The Morgan fingerprint density at radius 3 is 2.55 bits per heavy atom. The van der Waals surface area contributed by atoms with Gasteiger partial charge in [-0.3, -0.25) is 0 Å². The zero-order valence-electron chi connectivity index (χ0n) is 21.9. The number of anilines is 1. The average molecular weight is 570 g/mol. The monoisotopic (exact) mass is 568 g/mol. The second-order valence-corrected chi connectivity index (χ2v) is 13.8. The van der Waals surface area contributed by atoms with Crippen molar-refractivity contribution in [3.8, 4) is 17.2 Å². The summed E-state index contributed by atoms with van der Waals surface area (Å²) in [6.45, 7) is 9.31. The number of nitrogens with zero attached hydrogens (tertiary/aromatic N) is 5. The Kier molecular flexibility index (Phi) is 7.36. The molecule has 7 nitrogen and oxygen atoms in total. The largest absolute Gasteiger partial charge is 0.598 e. The van der Waals surface area contributed by atoms with Crippen LogP contribution in [0.4, 0.5) is 5.95 Å². The Balaban J connectivity index is 1.42. The molecular formula is C28H30Cl2N6OS. The lowest BCUT2D eigenvalue weighted by atomic mass is 9.73. The van der Waals surface area contributed by atoms with Crippen LogP contribution in [0.15, 0.2) is 36.5 Å². The molecular weight excluding hydrogens is 539 g/mol. The van der Waals surface area contributed by atoms with Crippen LogP contribution in [-0.4, -0.2) is 37.3 Å². The van der Waals surface area contributed by atoms with E-state index in [9.17, 15) is 9.81 Å². The smallest absolute Gasteiger partial charge is 0.226 e. The third-order valence-corrected chi connectivity index (χ3v) is 9.97. The summed E-state index contributed by atoms with van der Waals surface area (Å²) < 4.78 is 16.3. The number of hydrogen-bond acceptors (Lipinski definition) is 7. The van der Waals surface area contributed by atoms with Crippen LogP contribution in [0.5, 0.6) is 0 Å². The van der Waals surface area contributed by atoms with E-state index >= 15 is 0 Å². The van der Waals surface area contributed by atoms with Gasteiger partial charge < -0.3 is 9.45 Å². The van der Waals surface area contributed by atoms with Crippen molar-refractivity contribution >= 4 is 40.5 Å². The van der Waals surface area contributed by atoms with Crippen LogP contribution in [0, 0.1) is 23.7 Å². The maximum atomic E-state index is 13.2. The molecule has 198 valence electrons. The van der Waals surface area contributed by atoms with Gasteiger partial charge in [0.2, 0.25) is 5.95 Å². The molecule has 1 aliphatic heterocycles. The summed E-state index contributed by atoms with van der Waals surface area (Å²) >= 11 is 11.3. The van der Waals surface area contributed by atoms with Crippen LogP contribution in [0.2, 0.25) is 10.2 Å². The number of halogens is 2. The summed E-state index contributed by atoms with van der Waals surface area (Å²) in [5.41, 5.74) is 4.59. The highest BCUT2D eigenvalue weighted by molar-refractivity contribution is 7.90. The summed E-state index contributed by atoms with van der Waals surface area (Å²) in [5.74, 6) is 0.534. The summed E-state index contributed by atoms with van der Waals surface area (Å²) in [6, 6.07) is 12.4. The first kappa shape index (κ1) is 27.2. The molecule has 0 saturated carbocycles. The van der Waals surface area contributed by atoms with E-state index < -0.39 is 11.4 Å². The van der Waals surface area contributed by atoms with E-state index in [1.807, 2.05) is 27.7 Å². The van der Waals surface area contributed by atoms with E-state index in [-0.39, 0.29) is 32.1 Å². The zero-order valence-corrected chi connectivity index (χ0v) is 24.2. The molecule has 1 aromatic carbocycles. The van der Waals surface area contributed by atoms with E-state index in [1.54, 1.807) is 12.3 Å². The molecule has 3 heterocycles. The SMILES string of the molecule is Cc1nc(N2CCC3(CC2)Cc2ccccc2[C@H]3N[S+]([O-])C(C)(C)C)nc(C#N)c1-c1ccnc(Cl)c1Cl. The molecule has 1 unspecified atom stereocenters. The number of benzene rings is 1. The predicted molar refractivity (Wildman–Crippen MR) is 153 cm³/mol. The molecule has 10 heteroatoms. The van der Waals surface area contributed by atoms with E-state index in [1.165, 1.54) is 11.1 Å². The average Bonchev–Trinajstić information content (AvgIpc) is 3.17. The molecule has 0 bridgehead atoms. The Hall–Kier alpha value is -2.41. The zero-order chi connectivity index (χ0) is 27.2. The van der Waals surface area contributed by atoms with Gasteiger partial charge in [0, 0.05) is 47.2 Å². The highest BCUT2D eigenvalue weighted by Crippen LogP contribution is 2.53. The highest BCUT2D eigenvalue weighted by Gasteiger charge is 2.50. The first-order chi connectivity index (χ1) is 18.0. The number of rotatable bonds is 4. The third-order valence-electron chi connectivity index (χ3n) is 7.64. The van der Waals surface area contributed by atoms with Crippen molar-refractivity contribution in [2.75, 3.05) is 18.0 Å². The summed E-state index contributed by atoms with van der Waals surface area (Å²) in [4.78, 5) is 15.6. The van der Waals surface area contributed by atoms with Gasteiger partial charge in [-0.25, -0.2) is 15.0 Å². The van der Waals surface area contributed by atoms with E-state index in [4.69, 9.17) is 28.2 Å². The highest BCUT2D eigenvalue weighted by atomic mass is 35.5. The maximum absolute atomic E-state index is 13.2. The van der Waals surface area contributed by atoms with Crippen LogP contribution >= 0.6 is 23.2 Å². The standard InChI is InChI=1S/C28H30Cl2N6OS/c1-17-22(20-9-12-32-25(30)23(20)29)21(16-31)34-26(33-17)36-13-10-28(11-14-36)15-18-7-5-6-8-19(18)24(28)35-38(37)27(2,3)4/h5-9,12,24,35H,10-11,13-15H2,1-4H3/t24-,38?/m1/s1. The van der Waals surface area contributed by atoms with Crippen molar-refractivity contribution in [1.82, 2.24) is 19.7 Å². The van der Waals surface area contributed by atoms with Crippen molar-refractivity contribution < 1.29 is 4.55 Å². The second kappa shape index (κ2) is 10.3. The lowest BCUT2D eigenvalue weighted by Gasteiger charge is -2.44. The summed E-state index contributed by atoms with van der Waals surface area (Å²) in [7, 11) is 0. The van der Waals surface area contributed by atoms with Crippen LogP contribution in [-0.2, 0) is 17.8 Å². The van der Waals surface area contributed by atoms with Crippen LogP contribution in [0.3, 0.4) is 0 Å². The van der Waals surface area contributed by atoms with E-state index in [0.29, 0.717) is 22.8 Å². The van der Waals surface area contributed by atoms with Gasteiger partial charge in [-0.15, -0.1) is 4.72 Å². The minimum Gasteiger partial charge on any atom is -0.598 e. The maximum Gasteiger partial charge on any atom is 0.226 e. The Morgan fingerprint density at radius 1 is 1.16 bits per heavy atom. The second-order valence-electron chi connectivity index (χ2n) is 11.1. The fraction of sp³-hybridized carbons (Fsp3) is 0.429. The number of piperidine rings is 1. The summed E-state index contributed by atoms with van der Waals surface area (Å²) in [6.07, 6.45) is 4.27. The van der Waals surface area contributed by atoms with Crippen molar-refractivity contribution in [3.05, 3.63) is 69.2 Å². The van der Waals surface area contributed by atoms with Gasteiger partial charge in [0.15, 0.2) is 5.69 Å². The molecule has 0 radical (unpaired) electrons. The van der Waals surface area contributed by atoms with Crippen LogP contribution in [0.25, 0.3) is 11.1 Å². The van der Waals surface area contributed by atoms with Crippen LogP contribution < -0.4 is 9.62 Å². The molecule has 3 aromatic rings. The van der Waals surface area contributed by atoms with Gasteiger partial charge in [-0.1, -0.05) is 47.5 Å². The predicted octanol–water partition coefficient (Wildman–Crippen LogP) is 5.96. The number of hydrogen-bond donors (Lipinski definition) is 1. The van der Waals surface area contributed by atoms with Gasteiger partial charge in [0.05, 0.1) is 16.8 Å². The molecule has 1 spiro atoms. The lowest BCUT2D eigenvalue weighted by molar-refractivity contribution is 0.175. The minimum atomic E-state index is -1.19. The Morgan fingerprint density at radius 2 is 1.87 bits per heavy atom. The molecule has 1 saturated heterocycles. The fourth-order valence-corrected chi connectivity index (χ4v) is 6.90. The van der Waals surface area contributed by atoms with Crippen molar-refractivity contribution in [1.29, 1.82) is 5.26 Å². The lowest BCUT2D eigenvalue weighted by Crippen LogP contribution is -2.50. The van der Waals surface area contributed by atoms with Gasteiger partial charge in [0.25, 0.3) is 0 Å². The topological polar surface area (TPSA) is 101 Å². The van der Waals surface area contributed by atoms with Gasteiger partial charge >= 0.3 is 0 Å². The molecule has 1 aliphatic carbocycles. The number of nitriles is 1.